The van der Waals surface area contributed by atoms with Crippen LogP contribution in [0.15, 0.2) is 17.4 Å². The lowest BCUT2D eigenvalue weighted by Gasteiger charge is -2.18. The Balaban J connectivity index is 2.07. The number of hydrogen-bond donors (Lipinski definition) is 1. The third-order valence-corrected chi connectivity index (χ3v) is 1.25. The standard InChI is InChI=1S/C7H13N3O/c1-2-3-7-11-10-8-5-4-6-9-10/h4-6,8H,2-3,7H2,1H3. The summed E-state index contributed by atoms with van der Waals surface area (Å²) in [5.41, 5.74) is 2.81. The molecule has 0 fully saturated rings. The molecule has 1 aliphatic rings. The highest BCUT2D eigenvalue weighted by Gasteiger charge is 1.97. The molecule has 0 radical (unpaired) electrons. The van der Waals surface area contributed by atoms with E-state index in [-0.39, 0.29) is 0 Å². The molecule has 0 aromatic heterocycles. The van der Waals surface area contributed by atoms with E-state index in [2.05, 4.69) is 17.5 Å². The molecular weight excluding hydrogens is 142 g/mol. The van der Waals surface area contributed by atoms with Crippen LogP contribution in [0.25, 0.3) is 0 Å². The van der Waals surface area contributed by atoms with E-state index in [1.807, 2.05) is 0 Å². The van der Waals surface area contributed by atoms with Crippen molar-refractivity contribution in [2.75, 3.05) is 6.61 Å². The Morgan fingerprint density at radius 3 is 3.18 bits per heavy atom. The van der Waals surface area contributed by atoms with Crippen LogP contribution in [0, 0.1) is 0 Å². The van der Waals surface area contributed by atoms with E-state index in [1.54, 1.807) is 18.5 Å². The van der Waals surface area contributed by atoms with Gasteiger partial charge in [0.15, 0.2) is 0 Å². The quantitative estimate of drug-likeness (QED) is 0.616. The maximum Gasteiger partial charge on any atom is 0.0787 e. The fraction of sp³-hybridized carbons (Fsp3) is 0.571. The monoisotopic (exact) mass is 155 g/mol. The van der Waals surface area contributed by atoms with Crippen LogP contribution in [-0.4, -0.2) is 18.1 Å². The molecule has 0 aliphatic carbocycles. The second-order valence-electron chi connectivity index (χ2n) is 2.21. The van der Waals surface area contributed by atoms with Gasteiger partial charge in [0.2, 0.25) is 0 Å². The van der Waals surface area contributed by atoms with E-state index >= 15 is 0 Å². The van der Waals surface area contributed by atoms with Crippen molar-refractivity contribution in [1.29, 1.82) is 0 Å². The number of unbranched alkanes of at least 4 members (excludes halogenated alkanes) is 1. The molecule has 1 aliphatic heterocycles. The van der Waals surface area contributed by atoms with Gasteiger partial charge < -0.3 is 0 Å². The highest BCUT2D eigenvalue weighted by atomic mass is 16.7. The number of allylic oxidation sites excluding steroid dienone is 1. The number of hydrazine groups is 1. The summed E-state index contributed by atoms with van der Waals surface area (Å²) < 4.78 is 0. The van der Waals surface area contributed by atoms with E-state index in [1.165, 1.54) is 5.28 Å². The summed E-state index contributed by atoms with van der Waals surface area (Å²) in [6.07, 6.45) is 7.42. The topological polar surface area (TPSA) is 36.9 Å². The van der Waals surface area contributed by atoms with Crippen LogP contribution >= 0.6 is 0 Å². The zero-order chi connectivity index (χ0) is 7.94. The minimum Gasteiger partial charge on any atom is -0.265 e. The lowest BCUT2D eigenvalue weighted by molar-refractivity contribution is -0.187. The van der Waals surface area contributed by atoms with Crippen molar-refractivity contribution in [3.63, 3.8) is 0 Å². The number of rotatable bonds is 4. The summed E-state index contributed by atoms with van der Waals surface area (Å²) in [7, 11) is 0. The van der Waals surface area contributed by atoms with Crippen molar-refractivity contribution in [3.05, 3.63) is 12.3 Å². The molecule has 1 heterocycles. The average molecular weight is 155 g/mol. The van der Waals surface area contributed by atoms with Crippen LogP contribution in [-0.2, 0) is 4.84 Å². The van der Waals surface area contributed by atoms with Gasteiger partial charge in [-0.15, -0.1) is 5.10 Å². The summed E-state index contributed by atoms with van der Waals surface area (Å²) in [6, 6.07) is 0. The Morgan fingerprint density at radius 1 is 1.64 bits per heavy atom. The Labute approximate surface area is 66.4 Å². The summed E-state index contributed by atoms with van der Waals surface area (Å²) in [6.45, 7) is 2.82. The van der Waals surface area contributed by atoms with Gasteiger partial charge in [0.1, 0.15) is 0 Å². The molecule has 0 unspecified atom stereocenters. The summed E-state index contributed by atoms with van der Waals surface area (Å²) in [5, 5.41) is 5.25. The number of hydrazone groups is 1. The van der Waals surface area contributed by atoms with E-state index in [9.17, 15) is 0 Å². The number of nitrogens with zero attached hydrogens (tertiary/aromatic N) is 2. The van der Waals surface area contributed by atoms with Gasteiger partial charge in [-0.1, -0.05) is 18.6 Å². The Kier molecular flexibility index (Phi) is 3.47. The normalized spacial score (nSPS) is 15.2. The Hall–Kier alpha value is -1.03. The van der Waals surface area contributed by atoms with Crippen molar-refractivity contribution in [3.8, 4) is 0 Å². The van der Waals surface area contributed by atoms with Gasteiger partial charge in [0.25, 0.3) is 0 Å². The van der Waals surface area contributed by atoms with Gasteiger partial charge in [-0.2, -0.15) is 0 Å². The molecule has 0 saturated heterocycles. The molecule has 1 N–H and O–H groups in total. The predicted molar refractivity (Wildman–Crippen MR) is 43.5 cm³/mol. The van der Waals surface area contributed by atoms with E-state index in [0.717, 1.165) is 12.8 Å². The molecule has 0 saturated carbocycles. The van der Waals surface area contributed by atoms with Crippen molar-refractivity contribution < 1.29 is 4.84 Å². The third kappa shape index (κ3) is 3.04. The summed E-state index contributed by atoms with van der Waals surface area (Å²) >= 11 is 0. The molecule has 4 heteroatoms. The molecule has 1 rings (SSSR count). The van der Waals surface area contributed by atoms with Gasteiger partial charge in [-0.3, -0.25) is 5.43 Å². The Bertz CT molecular complexity index is 156. The van der Waals surface area contributed by atoms with Crippen LogP contribution in [0.5, 0.6) is 0 Å². The maximum atomic E-state index is 5.20. The van der Waals surface area contributed by atoms with Crippen LogP contribution in [0.2, 0.25) is 0 Å². The molecule has 0 spiro atoms. The first-order valence-electron chi connectivity index (χ1n) is 3.82. The molecule has 0 aromatic rings. The molecule has 4 nitrogen and oxygen atoms in total. The van der Waals surface area contributed by atoms with Gasteiger partial charge in [-0.05, 0) is 12.5 Å². The second-order valence-corrected chi connectivity index (χ2v) is 2.21. The van der Waals surface area contributed by atoms with Crippen molar-refractivity contribution in [1.82, 2.24) is 10.7 Å². The fourth-order valence-corrected chi connectivity index (χ4v) is 0.648. The highest BCUT2D eigenvalue weighted by Crippen LogP contribution is 1.93. The van der Waals surface area contributed by atoms with Gasteiger partial charge >= 0.3 is 0 Å². The van der Waals surface area contributed by atoms with E-state index < -0.39 is 0 Å². The molecule has 0 aromatic carbocycles. The lowest BCUT2D eigenvalue weighted by atomic mass is 10.4. The largest absolute Gasteiger partial charge is 0.265 e. The molecule has 62 valence electrons. The number of nitrogens with one attached hydrogen (secondary N) is 1. The molecule has 0 atom stereocenters. The van der Waals surface area contributed by atoms with Crippen molar-refractivity contribution >= 4 is 6.21 Å². The fourth-order valence-electron chi connectivity index (χ4n) is 0.648. The average Bonchev–Trinajstić information content (AvgIpc) is 2.07. The molecule has 0 amide bonds. The second kappa shape index (κ2) is 4.73. The van der Waals surface area contributed by atoms with Gasteiger partial charge in [0, 0.05) is 6.20 Å². The zero-order valence-electron chi connectivity index (χ0n) is 6.66. The SMILES string of the molecule is CCCCON1N=CC=CN1. The number of hydrogen-bond acceptors (Lipinski definition) is 4. The minimum absolute atomic E-state index is 0.703. The third-order valence-electron chi connectivity index (χ3n) is 1.25. The van der Waals surface area contributed by atoms with E-state index in [4.69, 9.17) is 4.84 Å². The predicted octanol–water partition coefficient (Wildman–Crippen LogP) is 1.04. The summed E-state index contributed by atoms with van der Waals surface area (Å²) in [4.78, 5) is 5.20. The first-order valence-corrected chi connectivity index (χ1v) is 3.82. The van der Waals surface area contributed by atoms with Crippen LogP contribution in [0.3, 0.4) is 0 Å². The lowest BCUT2D eigenvalue weighted by Crippen LogP contribution is -2.31. The highest BCUT2D eigenvalue weighted by molar-refractivity contribution is 5.70. The molecular formula is C7H13N3O. The zero-order valence-corrected chi connectivity index (χ0v) is 6.66. The smallest absolute Gasteiger partial charge is 0.0787 e. The Morgan fingerprint density at radius 2 is 2.55 bits per heavy atom. The maximum absolute atomic E-state index is 5.20. The van der Waals surface area contributed by atoms with Crippen LogP contribution < -0.4 is 5.43 Å². The first kappa shape index (κ1) is 8.07. The minimum atomic E-state index is 0.703. The molecule has 0 bridgehead atoms. The van der Waals surface area contributed by atoms with Crippen molar-refractivity contribution in [2.45, 2.75) is 19.8 Å². The van der Waals surface area contributed by atoms with Crippen molar-refractivity contribution in [2.24, 2.45) is 5.10 Å². The van der Waals surface area contributed by atoms with Gasteiger partial charge in [0.05, 0.1) is 12.8 Å². The van der Waals surface area contributed by atoms with E-state index in [0.29, 0.717) is 6.61 Å². The van der Waals surface area contributed by atoms with Crippen LogP contribution in [0.1, 0.15) is 19.8 Å². The van der Waals surface area contributed by atoms with Gasteiger partial charge in [-0.25, -0.2) is 4.84 Å². The molecule has 11 heavy (non-hydrogen) atoms. The summed E-state index contributed by atoms with van der Waals surface area (Å²) in [5.74, 6) is 0. The first-order chi connectivity index (χ1) is 5.43. The van der Waals surface area contributed by atoms with Crippen LogP contribution in [0.4, 0.5) is 0 Å².